The number of aryl methyl sites for hydroxylation is 1. The van der Waals surface area contributed by atoms with Crippen LogP contribution in [0.25, 0.3) is 16.8 Å². The van der Waals surface area contributed by atoms with Crippen LogP contribution in [-0.2, 0) is 9.53 Å². The van der Waals surface area contributed by atoms with E-state index in [-0.39, 0.29) is 12.3 Å². The van der Waals surface area contributed by atoms with Crippen LogP contribution >= 0.6 is 0 Å². The van der Waals surface area contributed by atoms with Crippen LogP contribution in [0.5, 0.6) is 0 Å². The summed E-state index contributed by atoms with van der Waals surface area (Å²) in [4.78, 5) is 28.5. The molecule has 1 N–H and O–H groups in total. The molecule has 0 saturated heterocycles. The molecule has 0 aliphatic rings. The van der Waals surface area contributed by atoms with Crippen molar-refractivity contribution in [2.75, 3.05) is 11.9 Å². The number of aromatic nitrogens is 2. The lowest BCUT2D eigenvalue weighted by Gasteiger charge is -2.07. The van der Waals surface area contributed by atoms with Crippen LogP contribution in [0.1, 0.15) is 16.1 Å². The van der Waals surface area contributed by atoms with Gasteiger partial charge in [-0.05, 0) is 47.9 Å². The van der Waals surface area contributed by atoms with E-state index in [4.69, 9.17) is 4.74 Å². The molecule has 0 aliphatic carbocycles. The summed E-state index contributed by atoms with van der Waals surface area (Å²) in [5.74, 6) is -1.05. The molecule has 0 atom stereocenters. The second-order valence-electron chi connectivity index (χ2n) is 6.66. The second kappa shape index (κ2) is 7.98. The Morgan fingerprint density at radius 3 is 2.48 bits per heavy atom. The summed E-state index contributed by atoms with van der Waals surface area (Å²) in [7, 11) is 0. The van der Waals surface area contributed by atoms with Gasteiger partial charge in [-0.1, -0.05) is 42.5 Å². The van der Waals surface area contributed by atoms with Gasteiger partial charge in [0.05, 0.1) is 0 Å². The van der Waals surface area contributed by atoms with Gasteiger partial charge in [-0.2, -0.15) is 0 Å². The number of carbonyl (C=O) groups is 2. The molecule has 0 aliphatic heterocycles. The average Bonchev–Trinajstić information content (AvgIpc) is 3.16. The number of fused-ring (bicyclic) bond motifs is 1. The number of benzene rings is 2. The van der Waals surface area contributed by atoms with Crippen molar-refractivity contribution in [3.8, 4) is 11.1 Å². The maximum atomic E-state index is 12.2. The molecular weight excluding hydrogens is 366 g/mol. The Hall–Kier alpha value is -3.93. The monoisotopic (exact) mass is 385 g/mol. The largest absolute Gasteiger partial charge is 0.451 e. The SMILES string of the molecule is Cc1ccn2cc(C(=O)OCC(=O)Nc3ccc(-c4ccccc4)cc3)nc2c1. The molecule has 6 nitrogen and oxygen atoms in total. The van der Waals surface area contributed by atoms with Crippen LogP contribution in [0.2, 0.25) is 0 Å². The number of anilines is 1. The Morgan fingerprint density at radius 2 is 1.72 bits per heavy atom. The molecule has 0 unspecified atom stereocenters. The van der Waals surface area contributed by atoms with Crippen LogP contribution in [0, 0.1) is 6.92 Å². The summed E-state index contributed by atoms with van der Waals surface area (Å²) in [6.07, 6.45) is 3.40. The van der Waals surface area contributed by atoms with Crippen molar-refractivity contribution < 1.29 is 14.3 Å². The van der Waals surface area contributed by atoms with Crippen molar-refractivity contribution in [2.24, 2.45) is 0 Å². The highest BCUT2D eigenvalue weighted by atomic mass is 16.5. The number of imidazole rings is 1. The molecule has 2 aromatic carbocycles. The lowest BCUT2D eigenvalue weighted by atomic mass is 10.1. The second-order valence-corrected chi connectivity index (χ2v) is 6.66. The molecule has 6 heteroatoms. The van der Waals surface area contributed by atoms with Gasteiger partial charge in [-0.15, -0.1) is 0 Å². The summed E-state index contributed by atoms with van der Waals surface area (Å²) in [6.45, 7) is 1.57. The quantitative estimate of drug-likeness (QED) is 0.525. The topological polar surface area (TPSA) is 72.7 Å². The van der Waals surface area contributed by atoms with Crippen LogP contribution in [-0.4, -0.2) is 27.9 Å². The standard InChI is InChI=1S/C23H19N3O3/c1-16-11-12-26-14-20(25-21(26)13-16)23(28)29-15-22(27)24-19-9-7-18(8-10-19)17-5-3-2-4-6-17/h2-14H,15H2,1H3,(H,24,27). The number of amides is 1. The minimum atomic E-state index is -0.638. The van der Waals surface area contributed by atoms with Gasteiger partial charge in [0.15, 0.2) is 12.3 Å². The molecule has 4 aromatic rings. The molecule has 0 fully saturated rings. The maximum Gasteiger partial charge on any atom is 0.359 e. The first-order valence-corrected chi connectivity index (χ1v) is 9.16. The van der Waals surface area contributed by atoms with Crippen LogP contribution in [0.3, 0.4) is 0 Å². The molecule has 2 aromatic heterocycles. The van der Waals surface area contributed by atoms with E-state index in [0.29, 0.717) is 11.3 Å². The predicted octanol–water partition coefficient (Wildman–Crippen LogP) is 4.11. The zero-order chi connectivity index (χ0) is 20.2. The van der Waals surface area contributed by atoms with Crippen molar-refractivity contribution in [1.29, 1.82) is 0 Å². The molecule has 0 saturated carbocycles. The highest BCUT2D eigenvalue weighted by Crippen LogP contribution is 2.21. The third kappa shape index (κ3) is 4.32. The van der Waals surface area contributed by atoms with Crippen molar-refractivity contribution >= 4 is 23.2 Å². The van der Waals surface area contributed by atoms with E-state index >= 15 is 0 Å². The third-order valence-electron chi connectivity index (χ3n) is 4.43. The Balaban J connectivity index is 1.34. The van der Waals surface area contributed by atoms with Crippen LogP contribution < -0.4 is 5.32 Å². The number of hydrogen-bond donors (Lipinski definition) is 1. The van der Waals surface area contributed by atoms with E-state index < -0.39 is 11.9 Å². The first-order valence-electron chi connectivity index (χ1n) is 9.16. The summed E-state index contributed by atoms with van der Waals surface area (Å²) in [5.41, 5.74) is 4.64. The first kappa shape index (κ1) is 18.4. The Morgan fingerprint density at radius 1 is 1.00 bits per heavy atom. The number of nitrogens with zero attached hydrogens (tertiary/aromatic N) is 2. The maximum absolute atomic E-state index is 12.2. The van der Waals surface area contributed by atoms with Gasteiger partial charge in [-0.25, -0.2) is 9.78 Å². The average molecular weight is 385 g/mol. The molecule has 0 radical (unpaired) electrons. The van der Waals surface area contributed by atoms with Crippen LogP contribution in [0.4, 0.5) is 5.69 Å². The van der Waals surface area contributed by atoms with E-state index in [9.17, 15) is 9.59 Å². The summed E-state index contributed by atoms with van der Waals surface area (Å²) in [6, 6.07) is 21.2. The first-order chi connectivity index (χ1) is 14.1. The third-order valence-corrected chi connectivity index (χ3v) is 4.43. The number of pyridine rings is 1. The van der Waals surface area contributed by atoms with Gasteiger partial charge < -0.3 is 14.5 Å². The highest BCUT2D eigenvalue weighted by Gasteiger charge is 2.14. The smallest absolute Gasteiger partial charge is 0.359 e. The molecule has 29 heavy (non-hydrogen) atoms. The number of esters is 1. The Labute approximate surface area is 167 Å². The minimum Gasteiger partial charge on any atom is -0.451 e. The van der Waals surface area contributed by atoms with Gasteiger partial charge in [0.25, 0.3) is 5.91 Å². The number of hydrogen-bond acceptors (Lipinski definition) is 4. The lowest BCUT2D eigenvalue weighted by Crippen LogP contribution is -2.21. The zero-order valence-electron chi connectivity index (χ0n) is 15.8. The van der Waals surface area contributed by atoms with Gasteiger partial charge in [-0.3, -0.25) is 4.79 Å². The molecule has 144 valence electrons. The number of rotatable bonds is 5. The van der Waals surface area contributed by atoms with Crippen molar-refractivity contribution in [3.05, 3.63) is 90.4 Å². The van der Waals surface area contributed by atoms with Crippen molar-refractivity contribution in [2.45, 2.75) is 6.92 Å². The van der Waals surface area contributed by atoms with Gasteiger partial charge in [0.1, 0.15) is 5.65 Å². The number of nitrogens with one attached hydrogen (secondary N) is 1. The number of ether oxygens (including phenoxy) is 1. The van der Waals surface area contributed by atoms with Crippen LogP contribution in [0.15, 0.2) is 79.1 Å². The Kier molecular flexibility index (Phi) is 5.07. The highest BCUT2D eigenvalue weighted by molar-refractivity contribution is 5.95. The number of carbonyl (C=O) groups excluding carboxylic acids is 2. The molecule has 1 amide bonds. The predicted molar refractivity (Wildman–Crippen MR) is 111 cm³/mol. The van der Waals surface area contributed by atoms with Gasteiger partial charge in [0.2, 0.25) is 0 Å². The fraction of sp³-hybridized carbons (Fsp3) is 0.0870. The summed E-state index contributed by atoms with van der Waals surface area (Å²) < 4.78 is 6.82. The molecule has 2 heterocycles. The van der Waals surface area contributed by atoms with E-state index in [1.165, 1.54) is 0 Å². The zero-order valence-corrected chi connectivity index (χ0v) is 15.8. The minimum absolute atomic E-state index is 0.163. The fourth-order valence-corrected chi connectivity index (χ4v) is 2.96. The van der Waals surface area contributed by atoms with E-state index in [2.05, 4.69) is 10.3 Å². The lowest BCUT2D eigenvalue weighted by molar-refractivity contribution is -0.119. The van der Waals surface area contributed by atoms with Crippen molar-refractivity contribution in [1.82, 2.24) is 9.38 Å². The van der Waals surface area contributed by atoms with Gasteiger partial charge in [0, 0.05) is 18.1 Å². The molecule has 4 rings (SSSR count). The molecular formula is C23H19N3O3. The van der Waals surface area contributed by atoms with Crippen molar-refractivity contribution in [3.63, 3.8) is 0 Å². The summed E-state index contributed by atoms with van der Waals surface area (Å²) >= 11 is 0. The summed E-state index contributed by atoms with van der Waals surface area (Å²) in [5, 5.41) is 2.72. The van der Waals surface area contributed by atoms with E-state index in [0.717, 1.165) is 16.7 Å². The van der Waals surface area contributed by atoms with E-state index in [1.807, 2.05) is 79.9 Å². The fourth-order valence-electron chi connectivity index (χ4n) is 2.96. The van der Waals surface area contributed by atoms with E-state index in [1.54, 1.807) is 10.6 Å². The molecule has 0 bridgehead atoms. The normalized spacial score (nSPS) is 10.7. The van der Waals surface area contributed by atoms with Gasteiger partial charge >= 0.3 is 5.97 Å². The molecule has 0 spiro atoms. The Bertz CT molecular complexity index is 1170.